The number of benzene rings is 1. The van der Waals surface area contributed by atoms with E-state index in [4.69, 9.17) is 10.5 Å². The molecule has 0 saturated heterocycles. The van der Waals surface area contributed by atoms with E-state index >= 15 is 0 Å². The van der Waals surface area contributed by atoms with E-state index in [9.17, 15) is 0 Å². The van der Waals surface area contributed by atoms with Gasteiger partial charge in [0.1, 0.15) is 0 Å². The van der Waals surface area contributed by atoms with Crippen molar-refractivity contribution in [3.05, 3.63) is 40.2 Å². The van der Waals surface area contributed by atoms with Crippen LogP contribution in [0.1, 0.15) is 16.8 Å². The van der Waals surface area contributed by atoms with Gasteiger partial charge in [-0.15, -0.1) is 11.3 Å². The number of ether oxygens (including phenoxy) is 1. The molecule has 0 bridgehead atoms. The van der Waals surface area contributed by atoms with Crippen molar-refractivity contribution < 1.29 is 4.74 Å². The summed E-state index contributed by atoms with van der Waals surface area (Å²) in [5.74, 6) is 0. The third kappa shape index (κ3) is 3.16. The van der Waals surface area contributed by atoms with Crippen LogP contribution in [0.15, 0.2) is 30.3 Å². The summed E-state index contributed by atoms with van der Waals surface area (Å²) >= 11 is 1.69. The van der Waals surface area contributed by atoms with Gasteiger partial charge in [-0.3, -0.25) is 0 Å². The van der Waals surface area contributed by atoms with Crippen molar-refractivity contribution >= 4 is 11.3 Å². The SMILES string of the molecule is CCOCCc1nc(-c2ccccc2)c(CN)s1. The van der Waals surface area contributed by atoms with Gasteiger partial charge in [0.2, 0.25) is 0 Å². The lowest BCUT2D eigenvalue weighted by atomic mass is 10.1. The van der Waals surface area contributed by atoms with Crippen LogP contribution >= 0.6 is 11.3 Å². The van der Waals surface area contributed by atoms with Crippen molar-refractivity contribution in [2.75, 3.05) is 13.2 Å². The monoisotopic (exact) mass is 262 g/mol. The Morgan fingerprint density at radius 1 is 1.28 bits per heavy atom. The second-order valence-electron chi connectivity index (χ2n) is 3.90. The van der Waals surface area contributed by atoms with Crippen molar-refractivity contribution in [1.29, 1.82) is 0 Å². The van der Waals surface area contributed by atoms with Crippen LogP contribution < -0.4 is 5.73 Å². The molecule has 0 radical (unpaired) electrons. The maximum Gasteiger partial charge on any atom is 0.0958 e. The molecule has 18 heavy (non-hydrogen) atoms. The zero-order valence-corrected chi connectivity index (χ0v) is 11.4. The first-order valence-corrected chi connectivity index (χ1v) is 6.98. The standard InChI is InChI=1S/C14H18N2OS/c1-2-17-9-8-13-16-14(12(10-15)18-13)11-6-4-3-5-7-11/h3-7H,2,8-10,15H2,1H3. The highest BCUT2D eigenvalue weighted by Crippen LogP contribution is 2.28. The second kappa shape index (κ2) is 6.64. The topological polar surface area (TPSA) is 48.1 Å². The summed E-state index contributed by atoms with van der Waals surface area (Å²) in [5, 5.41) is 1.10. The predicted molar refractivity (Wildman–Crippen MR) is 75.6 cm³/mol. The first kappa shape index (κ1) is 13.2. The van der Waals surface area contributed by atoms with Crippen LogP contribution in [-0.4, -0.2) is 18.2 Å². The quantitative estimate of drug-likeness (QED) is 0.814. The van der Waals surface area contributed by atoms with Crippen LogP contribution in [0.4, 0.5) is 0 Å². The predicted octanol–water partition coefficient (Wildman–Crippen LogP) is 2.85. The summed E-state index contributed by atoms with van der Waals surface area (Å²) < 4.78 is 5.36. The third-order valence-electron chi connectivity index (χ3n) is 2.64. The first-order valence-electron chi connectivity index (χ1n) is 6.17. The van der Waals surface area contributed by atoms with E-state index in [1.807, 2.05) is 25.1 Å². The molecule has 0 aliphatic carbocycles. The molecule has 96 valence electrons. The maximum absolute atomic E-state index is 5.80. The van der Waals surface area contributed by atoms with E-state index < -0.39 is 0 Å². The van der Waals surface area contributed by atoms with Gasteiger partial charge in [0, 0.05) is 30.0 Å². The van der Waals surface area contributed by atoms with Crippen LogP contribution in [0.25, 0.3) is 11.3 Å². The minimum Gasteiger partial charge on any atom is -0.381 e. The molecule has 0 atom stereocenters. The lowest BCUT2D eigenvalue weighted by molar-refractivity contribution is 0.151. The van der Waals surface area contributed by atoms with Gasteiger partial charge in [0.05, 0.1) is 17.3 Å². The summed E-state index contributed by atoms with van der Waals surface area (Å²) in [4.78, 5) is 5.83. The Morgan fingerprint density at radius 2 is 2.06 bits per heavy atom. The van der Waals surface area contributed by atoms with Crippen molar-refractivity contribution in [2.45, 2.75) is 19.9 Å². The highest BCUT2D eigenvalue weighted by molar-refractivity contribution is 7.12. The Balaban J connectivity index is 2.19. The van der Waals surface area contributed by atoms with Crippen LogP contribution in [0, 0.1) is 0 Å². The first-order chi connectivity index (χ1) is 8.85. The van der Waals surface area contributed by atoms with Gasteiger partial charge >= 0.3 is 0 Å². The molecule has 2 aromatic rings. The van der Waals surface area contributed by atoms with Crippen LogP contribution in [-0.2, 0) is 17.7 Å². The normalized spacial score (nSPS) is 10.8. The molecular weight excluding hydrogens is 244 g/mol. The Labute approximate surface area is 112 Å². The zero-order chi connectivity index (χ0) is 12.8. The molecule has 0 aliphatic rings. The molecule has 2 rings (SSSR count). The number of nitrogens with two attached hydrogens (primary N) is 1. The molecule has 0 aliphatic heterocycles. The van der Waals surface area contributed by atoms with Gasteiger partial charge in [-0.2, -0.15) is 0 Å². The van der Waals surface area contributed by atoms with E-state index in [0.717, 1.165) is 40.8 Å². The molecular formula is C14H18N2OS. The highest BCUT2D eigenvalue weighted by Gasteiger charge is 2.11. The van der Waals surface area contributed by atoms with E-state index in [1.54, 1.807) is 11.3 Å². The van der Waals surface area contributed by atoms with Crippen molar-refractivity contribution in [2.24, 2.45) is 5.73 Å². The van der Waals surface area contributed by atoms with Crippen LogP contribution in [0.3, 0.4) is 0 Å². The maximum atomic E-state index is 5.80. The van der Waals surface area contributed by atoms with E-state index in [-0.39, 0.29) is 0 Å². The largest absolute Gasteiger partial charge is 0.381 e. The number of nitrogens with zero attached hydrogens (tertiary/aromatic N) is 1. The highest BCUT2D eigenvalue weighted by atomic mass is 32.1. The fourth-order valence-electron chi connectivity index (χ4n) is 1.77. The Kier molecular flexibility index (Phi) is 4.87. The Bertz CT molecular complexity index is 482. The molecule has 0 spiro atoms. The molecule has 0 amide bonds. The average Bonchev–Trinajstić information content (AvgIpc) is 2.83. The van der Waals surface area contributed by atoms with Crippen molar-refractivity contribution in [1.82, 2.24) is 4.98 Å². The number of hydrogen-bond donors (Lipinski definition) is 1. The smallest absolute Gasteiger partial charge is 0.0958 e. The minimum absolute atomic E-state index is 0.538. The van der Waals surface area contributed by atoms with Gasteiger partial charge in [-0.25, -0.2) is 4.98 Å². The fourth-order valence-corrected chi connectivity index (χ4v) is 2.72. The number of aromatic nitrogens is 1. The lowest BCUT2D eigenvalue weighted by Crippen LogP contribution is -1.97. The summed E-state index contributed by atoms with van der Waals surface area (Å²) in [6.07, 6.45) is 0.859. The molecule has 1 heterocycles. The Hall–Kier alpha value is -1.23. The van der Waals surface area contributed by atoms with Gasteiger partial charge in [-0.1, -0.05) is 30.3 Å². The summed E-state index contributed by atoms with van der Waals surface area (Å²) in [5.41, 5.74) is 7.95. The van der Waals surface area contributed by atoms with Gasteiger partial charge in [-0.05, 0) is 6.92 Å². The Morgan fingerprint density at radius 3 is 2.72 bits per heavy atom. The van der Waals surface area contributed by atoms with E-state index in [0.29, 0.717) is 6.54 Å². The number of hydrogen-bond acceptors (Lipinski definition) is 4. The van der Waals surface area contributed by atoms with Crippen molar-refractivity contribution in [3.63, 3.8) is 0 Å². The van der Waals surface area contributed by atoms with E-state index in [2.05, 4.69) is 17.1 Å². The molecule has 2 N–H and O–H groups in total. The number of rotatable bonds is 6. The summed E-state index contributed by atoms with van der Waals surface area (Å²) in [7, 11) is 0. The van der Waals surface area contributed by atoms with Gasteiger partial charge in [0.25, 0.3) is 0 Å². The molecule has 0 saturated carbocycles. The summed E-state index contributed by atoms with van der Waals surface area (Å²) in [6.45, 7) is 4.02. The lowest BCUT2D eigenvalue weighted by Gasteiger charge is -1.99. The van der Waals surface area contributed by atoms with Gasteiger partial charge in [0.15, 0.2) is 0 Å². The zero-order valence-electron chi connectivity index (χ0n) is 10.6. The fraction of sp³-hybridized carbons (Fsp3) is 0.357. The van der Waals surface area contributed by atoms with Gasteiger partial charge < -0.3 is 10.5 Å². The van der Waals surface area contributed by atoms with Crippen molar-refractivity contribution in [3.8, 4) is 11.3 Å². The second-order valence-corrected chi connectivity index (χ2v) is 5.06. The molecule has 4 heteroatoms. The molecule has 3 nitrogen and oxygen atoms in total. The molecule has 1 aromatic heterocycles. The molecule has 1 aromatic carbocycles. The van der Waals surface area contributed by atoms with Crippen LogP contribution in [0.2, 0.25) is 0 Å². The third-order valence-corrected chi connectivity index (χ3v) is 3.78. The molecule has 0 unspecified atom stereocenters. The summed E-state index contributed by atoms with van der Waals surface area (Å²) in [6, 6.07) is 10.2. The van der Waals surface area contributed by atoms with Crippen LogP contribution in [0.5, 0.6) is 0 Å². The van der Waals surface area contributed by atoms with E-state index in [1.165, 1.54) is 0 Å². The average molecular weight is 262 g/mol. The number of thiazole rings is 1. The molecule has 0 fully saturated rings. The minimum atomic E-state index is 0.538.